The molecule has 3 nitrogen and oxygen atoms in total. The van der Waals surface area contributed by atoms with Gasteiger partial charge < -0.3 is 0 Å². The molecular formula is C14H19NO2S. The lowest BCUT2D eigenvalue weighted by Crippen LogP contribution is -2.43. The minimum atomic E-state index is -3.18. The summed E-state index contributed by atoms with van der Waals surface area (Å²) in [5.74, 6) is 0.156. The maximum atomic E-state index is 12.2. The van der Waals surface area contributed by atoms with Crippen molar-refractivity contribution in [1.29, 1.82) is 0 Å². The van der Waals surface area contributed by atoms with Crippen LogP contribution in [0, 0.1) is 0 Å². The number of hydrogen-bond donors (Lipinski definition) is 0. The molecule has 0 aliphatic carbocycles. The van der Waals surface area contributed by atoms with E-state index < -0.39 is 10.0 Å². The summed E-state index contributed by atoms with van der Waals surface area (Å²) >= 11 is 0. The van der Waals surface area contributed by atoms with E-state index in [1.54, 1.807) is 10.4 Å². The molecule has 0 amide bonds. The molecule has 0 saturated heterocycles. The maximum absolute atomic E-state index is 12.2. The van der Waals surface area contributed by atoms with Crippen LogP contribution in [0.15, 0.2) is 36.9 Å². The van der Waals surface area contributed by atoms with E-state index in [0.29, 0.717) is 13.0 Å². The molecule has 1 heterocycles. The van der Waals surface area contributed by atoms with Crippen molar-refractivity contribution < 1.29 is 8.42 Å². The molecule has 0 radical (unpaired) electrons. The quantitative estimate of drug-likeness (QED) is 0.784. The molecule has 1 aliphatic rings. The Morgan fingerprint density at radius 1 is 1.39 bits per heavy atom. The zero-order valence-electron chi connectivity index (χ0n) is 10.7. The summed E-state index contributed by atoms with van der Waals surface area (Å²) < 4.78 is 26.1. The fraction of sp³-hybridized carbons (Fsp3) is 0.429. The largest absolute Gasteiger partial charge is 0.214 e. The van der Waals surface area contributed by atoms with Crippen molar-refractivity contribution in [3.63, 3.8) is 0 Å². The molecule has 1 aromatic rings. The van der Waals surface area contributed by atoms with Crippen molar-refractivity contribution in [3.8, 4) is 0 Å². The van der Waals surface area contributed by atoms with Crippen LogP contribution in [0.5, 0.6) is 0 Å². The molecule has 1 aromatic carbocycles. The van der Waals surface area contributed by atoms with Crippen molar-refractivity contribution >= 4 is 10.0 Å². The second-order valence-corrected chi connectivity index (χ2v) is 6.80. The highest BCUT2D eigenvalue weighted by molar-refractivity contribution is 7.89. The summed E-state index contributed by atoms with van der Waals surface area (Å²) in [6.45, 7) is 6.05. The second kappa shape index (κ2) is 5.24. The van der Waals surface area contributed by atoms with E-state index in [1.807, 2.05) is 25.1 Å². The Kier molecular flexibility index (Phi) is 3.88. The van der Waals surface area contributed by atoms with Crippen LogP contribution in [-0.2, 0) is 23.0 Å². The van der Waals surface area contributed by atoms with Gasteiger partial charge in [-0.25, -0.2) is 8.42 Å². The molecule has 0 saturated carbocycles. The lowest BCUT2D eigenvalue weighted by molar-refractivity contribution is 0.309. The zero-order chi connectivity index (χ0) is 13.2. The summed E-state index contributed by atoms with van der Waals surface area (Å²) in [5, 5.41) is 0. The Morgan fingerprint density at radius 2 is 2.06 bits per heavy atom. The second-order valence-electron chi connectivity index (χ2n) is 4.76. The number of fused-ring (bicyclic) bond motifs is 1. The zero-order valence-corrected chi connectivity index (χ0v) is 11.5. The van der Waals surface area contributed by atoms with Gasteiger partial charge in [0.25, 0.3) is 0 Å². The van der Waals surface area contributed by atoms with Crippen LogP contribution < -0.4 is 0 Å². The first kappa shape index (κ1) is 13.3. The van der Waals surface area contributed by atoms with Crippen molar-refractivity contribution in [1.82, 2.24) is 4.31 Å². The molecule has 0 fully saturated rings. The predicted molar refractivity (Wildman–Crippen MR) is 73.8 cm³/mol. The van der Waals surface area contributed by atoms with Gasteiger partial charge in [-0.1, -0.05) is 30.3 Å². The van der Waals surface area contributed by atoms with Crippen molar-refractivity contribution in [2.75, 3.05) is 5.75 Å². The summed E-state index contributed by atoms with van der Waals surface area (Å²) in [4.78, 5) is 0. The minimum absolute atomic E-state index is 0.0368. The number of benzene rings is 1. The molecule has 0 N–H and O–H groups in total. The van der Waals surface area contributed by atoms with Crippen molar-refractivity contribution in [3.05, 3.63) is 48.0 Å². The smallest absolute Gasteiger partial charge is 0.212 e. The van der Waals surface area contributed by atoms with Crippen molar-refractivity contribution in [2.24, 2.45) is 0 Å². The predicted octanol–water partition coefficient (Wildman–Crippen LogP) is 2.34. The molecular weight excluding hydrogens is 246 g/mol. The van der Waals surface area contributed by atoms with E-state index in [4.69, 9.17) is 0 Å². The van der Waals surface area contributed by atoms with Gasteiger partial charge >= 0.3 is 0 Å². The minimum Gasteiger partial charge on any atom is -0.212 e. The van der Waals surface area contributed by atoms with Gasteiger partial charge in [0.05, 0.1) is 5.75 Å². The van der Waals surface area contributed by atoms with Crippen LogP contribution in [0.3, 0.4) is 0 Å². The highest BCUT2D eigenvalue weighted by Gasteiger charge is 2.31. The van der Waals surface area contributed by atoms with Gasteiger partial charge in [-0.05, 0) is 30.9 Å². The molecule has 4 heteroatoms. The molecule has 0 aromatic heterocycles. The third kappa shape index (κ3) is 2.65. The monoisotopic (exact) mass is 265 g/mol. The van der Waals surface area contributed by atoms with E-state index in [0.717, 1.165) is 12.0 Å². The number of rotatable bonds is 4. The highest BCUT2D eigenvalue weighted by atomic mass is 32.2. The van der Waals surface area contributed by atoms with Crippen LogP contribution in [0.25, 0.3) is 0 Å². The van der Waals surface area contributed by atoms with Crippen LogP contribution in [0.2, 0.25) is 0 Å². The van der Waals surface area contributed by atoms with Gasteiger partial charge in [-0.3, -0.25) is 0 Å². The van der Waals surface area contributed by atoms with E-state index in [-0.39, 0.29) is 11.8 Å². The number of allylic oxidation sites excluding steroid dienone is 1. The Labute approximate surface area is 109 Å². The normalized spacial score (nSPS) is 20.4. The summed E-state index contributed by atoms with van der Waals surface area (Å²) in [6, 6.07) is 8.10. The van der Waals surface area contributed by atoms with Gasteiger partial charge in [0, 0.05) is 12.6 Å². The Balaban J connectivity index is 2.24. The molecule has 1 atom stereocenters. The third-order valence-electron chi connectivity index (χ3n) is 3.39. The Morgan fingerprint density at radius 3 is 2.72 bits per heavy atom. The van der Waals surface area contributed by atoms with Crippen LogP contribution in [-0.4, -0.2) is 24.5 Å². The molecule has 2 rings (SSSR count). The molecule has 18 heavy (non-hydrogen) atoms. The topological polar surface area (TPSA) is 37.4 Å². The first-order valence-corrected chi connectivity index (χ1v) is 7.82. The fourth-order valence-corrected chi connectivity index (χ4v) is 4.03. The lowest BCUT2D eigenvalue weighted by atomic mass is 9.97. The molecule has 98 valence electrons. The van der Waals surface area contributed by atoms with Crippen LogP contribution in [0.4, 0.5) is 0 Å². The van der Waals surface area contributed by atoms with Gasteiger partial charge in [-0.2, -0.15) is 4.31 Å². The number of nitrogens with zero attached hydrogens (tertiary/aromatic N) is 1. The SMILES string of the molecule is C=CCCS(=O)(=O)N1Cc2ccccc2CC1C. The lowest BCUT2D eigenvalue weighted by Gasteiger charge is -2.33. The average Bonchev–Trinajstić information content (AvgIpc) is 2.35. The molecule has 0 spiro atoms. The van der Waals surface area contributed by atoms with Gasteiger partial charge in [-0.15, -0.1) is 6.58 Å². The maximum Gasteiger partial charge on any atom is 0.214 e. The van der Waals surface area contributed by atoms with E-state index in [9.17, 15) is 8.42 Å². The number of hydrogen-bond acceptors (Lipinski definition) is 2. The van der Waals surface area contributed by atoms with Gasteiger partial charge in [0.1, 0.15) is 0 Å². The van der Waals surface area contributed by atoms with E-state index >= 15 is 0 Å². The van der Waals surface area contributed by atoms with E-state index in [1.165, 1.54) is 5.56 Å². The van der Waals surface area contributed by atoms with E-state index in [2.05, 4.69) is 12.6 Å². The summed E-state index contributed by atoms with van der Waals surface area (Å²) in [5.41, 5.74) is 2.39. The molecule has 1 aliphatic heterocycles. The first-order valence-electron chi connectivity index (χ1n) is 6.22. The molecule has 1 unspecified atom stereocenters. The van der Waals surface area contributed by atoms with Crippen LogP contribution >= 0.6 is 0 Å². The van der Waals surface area contributed by atoms with Gasteiger partial charge in [0.2, 0.25) is 10.0 Å². The summed E-state index contributed by atoms with van der Waals surface area (Å²) in [7, 11) is -3.18. The van der Waals surface area contributed by atoms with Crippen molar-refractivity contribution in [2.45, 2.75) is 32.4 Å². The summed E-state index contributed by atoms with van der Waals surface area (Å²) in [6.07, 6.45) is 2.96. The Bertz CT molecular complexity index is 536. The average molecular weight is 265 g/mol. The third-order valence-corrected chi connectivity index (χ3v) is 5.34. The Hall–Kier alpha value is -1.13. The van der Waals surface area contributed by atoms with Crippen LogP contribution in [0.1, 0.15) is 24.5 Å². The first-order chi connectivity index (χ1) is 8.54. The fourth-order valence-electron chi connectivity index (χ4n) is 2.38. The van der Waals surface area contributed by atoms with Gasteiger partial charge in [0.15, 0.2) is 0 Å². The standard InChI is InChI=1S/C14H19NO2S/c1-3-4-9-18(16,17)15-11-14-8-6-5-7-13(14)10-12(15)2/h3,5-8,12H,1,4,9-11H2,2H3. The number of sulfonamides is 1. The highest BCUT2D eigenvalue weighted by Crippen LogP contribution is 2.25. The molecule has 0 bridgehead atoms.